The Kier molecular flexibility index (Phi) is 3.15. The predicted octanol–water partition coefficient (Wildman–Crippen LogP) is 3.83. The van der Waals surface area contributed by atoms with Gasteiger partial charge in [-0.05, 0) is 36.4 Å². The molecule has 3 rings (SSSR count). The lowest BCUT2D eigenvalue weighted by Crippen LogP contribution is -2.11. The molecular weight excluding hydrogens is 282 g/mol. The first-order valence-electron chi connectivity index (χ1n) is 5.75. The molecule has 0 spiro atoms. The first kappa shape index (κ1) is 12.7. The van der Waals surface area contributed by atoms with Crippen molar-refractivity contribution in [1.82, 2.24) is 4.98 Å². The molecule has 0 radical (unpaired) electrons. The number of benzene rings is 2. The fraction of sp³-hybridized carbons (Fsp3) is 0. The summed E-state index contributed by atoms with van der Waals surface area (Å²) in [7, 11) is 0. The van der Waals surface area contributed by atoms with Crippen molar-refractivity contribution in [3.63, 3.8) is 0 Å². The van der Waals surface area contributed by atoms with E-state index in [1.165, 1.54) is 41.7 Å². The Balaban J connectivity index is 1.87. The second kappa shape index (κ2) is 4.97. The van der Waals surface area contributed by atoms with Gasteiger partial charge in [-0.2, -0.15) is 0 Å². The van der Waals surface area contributed by atoms with Gasteiger partial charge in [0.1, 0.15) is 17.2 Å². The van der Waals surface area contributed by atoms with Crippen molar-refractivity contribution in [2.75, 3.05) is 5.32 Å². The van der Waals surface area contributed by atoms with Crippen molar-refractivity contribution < 1.29 is 13.6 Å². The van der Waals surface area contributed by atoms with Gasteiger partial charge in [0.2, 0.25) is 0 Å². The highest BCUT2D eigenvalue weighted by atomic mass is 32.1. The van der Waals surface area contributed by atoms with Crippen LogP contribution in [0.5, 0.6) is 0 Å². The standard InChI is InChI=1S/C14H8F2N2OS/c15-9-6-4-8(5-7-9)13(19)18-14-17-12-10(16)2-1-3-11(12)20-14/h1-7H,(H,17,18,19). The van der Waals surface area contributed by atoms with Gasteiger partial charge in [0.15, 0.2) is 5.13 Å². The first-order valence-corrected chi connectivity index (χ1v) is 6.57. The number of rotatable bonds is 2. The Labute approximate surface area is 116 Å². The van der Waals surface area contributed by atoms with Crippen LogP contribution in [0, 0.1) is 11.6 Å². The zero-order chi connectivity index (χ0) is 14.1. The normalized spacial score (nSPS) is 10.7. The van der Waals surface area contributed by atoms with Crippen molar-refractivity contribution in [2.45, 2.75) is 0 Å². The van der Waals surface area contributed by atoms with Gasteiger partial charge in [-0.25, -0.2) is 13.8 Å². The van der Waals surface area contributed by atoms with E-state index in [1.807, 2.05) is 0 Å². The van der Waals surface area contributed by atoms with E-state index < -0.39 is 17.5 Å². The molecule has 0 saturated heterocycles. The Morgan fingerprint density at radius 2 is 1.85 bits per heavy atom. The number of halogens is 2. The largest absolute Gasteiger partial charge is 0.298 e. The lowest BCUT2D eigenvalue weighted by molar-refractivity contribution is 0.102. The molecule has 0 fully saturated rings. The van der Waals surface area contributed by atoms with Gasteiger partial charge < -0.3 is 0 Å². The summed E-state index contributed by atoms with van der Waals surface area (Å²) in [5, 5.41) is 2.88. The molecule has 6 heteroatoms. The lowest BCUT2D eigenvalue weighted by atomic mass is 10.2. The molecule has 0 aliphatic carbocycles. The van der Waals surface area contributed by atoms with E-state index >= 15 is 0 Å². The molecule has 0 unspecified atom stereocenters. The molecule has 1 amide bonds. The topological polar surface area (TPSA) is 42.0 Å². The van der Waals surface area contributed by atoms with Crippen molar-refractivity contribution in [3.05, 3.63) is 59.7 Å². The molecule has 0 bridgehead atoms. The lowest BCUT2D eigenvalue weighted by Gasteiger charge is -2.00. The van der Waals surface area contributed by atoms with E-state index in [2.05, 4.69) is 10.3 Å². The van der Waals surface area contributed by atoms with Crippen LogP contribution in [-0.2, 0) is 0 Å². The van der Waals surface area contributed by atoms with E-state index in [0.29, 0.717) is 15.4 Å². The number of nitrogens with zero attached hydrogens (tertiary/aromatic N) is 1. The van der Waals surface area contributed by atoms with Crippen LogP contribution in [0.15, 0.2) is 42.5 Å². The summed E-state index contributed by atoms with van der Waals surface area (Å²) in [6.45, 7) is 0. The van der Waals surface area contributed by atoms with Crippen molar-refractivity contribution >= 4 is 32.6 Å². The molecule has 100 valence electrons. The van der Waals surface area contributed by atoms with Crippen LogP contribution >= 0.6 is 11.3 Å². The van der Waals surface area contributed by atoms with Crippen molar-refractivity contribution in [3.8, 4) is 0 Å². The number of thiazole rings is 1. The van der Waals surface area contributed by atoms with Gasteiger partial charge in [-0.3, -0.25) is 10.1 Å². The number of amides is 1. The van der Waals surface area contributed by atoms with Gasteiger partial charge in [0.05, 0.1) is 4.70 Å². The second-order valence-corrected chi connectivity index (χ2v) is 5.10. The molecular formula is C14H8F2N2OS. The molecule has 3 aromatic rings. The minimum Gasteiger partial charge on any atom is -0.298 e. The van der Waals surface area contributed by atoms with Crippen LogP contribution in [0.1, 0.15) is 10.4 Å². The van der Waals surface area contributed by atoms with E-state index in [-0.39, 0.29) is 5.52 Å². The molecule has 0 saturated carbocycles. The van der Waals surface area contributed by atoms with Gasteiger partial charge >= 0.3 is 0 Å². The van der Waals surface area contributed by atoms with Crippen molar-refractivity contribution in [2.24, 2.45) is 0 Å². The third kappa shape index (κ3) is 2.37. The van der Waals surface area contributed by atoms with Gasteiger partial charge in [0, 0.05) is 5.56 Å². The highest BCUT2D eigenvalue weighted by Crippen LogP contribution is 2.27. The van der Waals surface area contributed by atoms with E-state index in [9.17, 15) is 13.6 Å². The zero-order valence-electron chi connectivity index (χ0n) is 10.1. The average molecular weight is 290 g/mol. The SMILES string of the molecule is O=C(Nc1nc2c(F)cccc2s1)c1ccc(F)cc1. The third-order valence-electron chi connectivity index (χ3n) is 2.70. The van der Waals surface area contributed by atoms with E-state index in [0.717, 1.165) is 0 Å². The number of hydrogen-bond donors (Lipinski definition) is 1. The molecule has 2 aromatic carbocycles. The zero-order valence-corrected chi connectivity index (χ0v) is 10.9. The number of aromatic nitrogens is 1. The summed E-state index contributed by atoms with van der Waals surface area (Å²) in [6, 6.07) is 9.77. The molecule has 1 heterocycles. The maximum Gasteiger partial charge on any atom is 0.257 e. The second-order valence-electron chi connectivity index (χ2n) is 4.07. The minimum atomic E-state index is -0.430. The van der Waals surface area contributed by atoms with Crippen LogP contribution < -0.4 is 5.32 Å². The Bertz CT molecular complexity index is 783. The Morgan fingerprint density at radius 3 is 2.55 bits per heavy atom. The van der Waals surface area contributed by atoms with Gasteiger partial charge in [-0.15, -0.1) is 0 Å². The van der Waals surface area contributed by atoms with E-state index in [4.69, 9.17) is 0 Å². The number of carbonyl (C=O) groups is 1. The fourth-order valence-electron chi connectivity index (χ4n) is 1.74. The maximum atomic E-state index is 13.5. The Morgan fingerprint density at radius 1 is 1.10 bits per heavy atom. The highest BCUT2D eigenvalue weighted by Gasteiger charge is 2.11. The number of hydrogen-bond acceptors (Lipinski definition) is 3. The minimum absolute atomic E-state index is 0.229. The van der Waals surface area contributed by atoms with Crippen LogP contribution in [0.3, 0.4) is 0 Å². The molecule has 0 aliphatic heterocycles. The van der Waals surface area contributed by atoms with Crippen LogP contribution in [0.4, 0.5) is 13.9 Å². The third-order valence-corrected chi connectivity index (χ3v) is 3.63. The molecule has 1 N–H and O–H groups in total. The summed E-state index contributed by atoms with van der Waals surface area (Å²) < 4.78 is 26.9. The summed E-state index contributed by atoms with van der Waals surface area (Å²) in [4.78, 5) is 16.0. The molecule has 0 atom stereocenters. The van der Waals surface area contributed by atoms with Crippen LogP contribution in [0.25, 0.3) is 10.2 Å². The van der Waals surface area contributed by atoms with Crippen LogP contribution in [0.2, 0.25) is 0 Å². The summed E-state index contributed by atoms with van der Waals surface area (Å²) in [6.07, 6.45) is 0. The quantitative estimate of drug-likeness (QED) is 0.779. The van der Waals surface area contributed by atoms with Gasteiger partial charge in [-0.1, -0.05) is 17.4 Å². The first-order chi connectivity index (χ1) is 9.63. The highest BCUT2D eigenvalue weighted by molar-refractivity contribution is 7.22. The number of anilines is 1. The number of para-hydroxylation sites is 1. The predicted molar refractivity (Wildman–Crippen MR) is 73.9 cm³/mol. The summed E-state index contributed by atoms with van der Waals surface area (Å²) in [5.41, 5.74) is 0.540. The molecule has 3 nitrogen and oxygen atoms in total. The molecule has 1 aromatic heterocycles. The van der Waals surface area contributed by atoms with Crippen molar-refractivity contribution in [1.29, 1.82) is 0 Å². The summed E-state index contributed by atoms with van der Waals surface area (Å²) >= 11 is 1.18. The fourth-order valence-corrected chi connectivity index (χ4v) is 2.61. The Hall–Kier alpha value is -2.34. The maximum absolute atomic E-state index is 13.5. The molecule has 0 aliphatic rings. The summed E-state index contributed by atoms with van der Waals surface area (Å²) in [5.74, 6) is -1.26. The smallest absolute Gasteiger partial charge is 0.257 e. The monoisotopic (exact) mass is 290 g/mol. The average Bonchev–Trinajstić information content (AvgIpc) is 2.83. The molecule has 20 heavy (non-hydrogen) atoms. The number of fused-ring (bicyclic) bond motifs is 1. The van der Waals surface area contributed by atoms with Crippen LogP contribution in [-0.4, -0.2) is 10.9 Å². The number of nitrogens with one attached hydrogen (secondary N) is 1. The van der Waals surface area contributed by atoms with E-state index in [1.54, 1.807) is 12.1 Å². The van der Waals surface area contributed by atoms with Gasteiger partial charge in [0.25, 0.3) is 5.91 Å². The number of carbonyl (C=O) groups excluding carboxylic acids is 1.